The van der Waals surface area contributed by atoms with E-state index in [4.69, 9.17) is 0 Å². The summed E-state index contributed by atoms with van der Waals surface area (Å²) in [5.41, 5.74) is 0. The molecular weight excluding hydrogens is 523 g/mol. The highest BCUT2D eigenvalue weighted by Gasteiger charge is 2.46. The zero-order chi connectivity index (χ0) is 25.4. The molecule has 3 rings (SSSR count). The summed E-state index contributed by atoms with van der Waals surface area (Å²) in [5.74, 6) is 0. The molecule has 13 heteroatoms. The van der Waals surface area contributed by atoms with Crippen LogP contribution in [0.25, 0.3) is 0 Å². The van der Waals surface area contributed by atoms with Gasteiger partial charge in [0.05, 0.1) is 20.8 Å². The zero-order valence-electron chi connectivity index (χ0n) is 17.4. The molecule has 3 aromatic rings. The van der Waals surface area contributed by atoms with E-state index in [0.29, 0.717) is 15.9 Å². The van der Waals surface area contributed by atoms with Gasteiger partial charge in [0.1, 0.15) is 23.2 Å². The molecule has 0 bridgehead atoms. The highest BCUT2D eigenvalue weighted by molar-refractivity contribution is 7.96. The lowest BCUT2D eigenvalue weighted by molar-refractivity contribution is 0.481. The number of hydrogen-bond donors (Lipinski definition) is 3. The van der Waals surface area contributed by atoms with Crippen molar-refractivity contribution in [2.24, 2.45) is 0 Å². The monoisotopic (exact) mass is 543 g/mol. The standard InChI is InChI=1S/C21H19O9PS3/c1-2-12-31(16-6-3-9-19(13-16)32(22,23)24,17-7-4-10-20(14-17)33(25,26)27)18-8-5-11-21(15-18)34(28,29)30/h2-11,13-15H,1,12H2,(H2-,22,23,24,25,26,27,28,29,30)/p+1. The summed E-state index contributed by atoms with van der Waals surface area (Å²) in [7, 11) is -16.9. The summed E-state index contributed by atoms with van der Waals surface area (Å²) >= 11 is 0. The van der Waals surface area contributed by atoms with Gasteiger partial charge in [-0.15, -0.1) is 0 Å². The van der Waals surface area contributed by atoms with Gasteiger partial charge in [-0.25, -0.2) is 0 Å². The fraction of sp³-hybridized carbons (Fsp3) is 0.0476. The Bertz CT molecular complexity index is 1400. The first kappa shape index (κ1) is 26.2. The second-order valence-corrected chi connectivity index (χ2v) is 15.0. The van der Waals surface area contributed by atoms with Gasteiger partial charge in [-0.1, -0.05) is 30.9 Å². The average Bonchev–Trinajstić information content (AvgIpc) is 2.76. The SMILES string of the molecule is C=CC[P+](c1cccc(S(=O)(=O)O)c1)(c1cccc(S(=O)(=O)O)c1)c1cccc(S(=O)(=O)O)c1. The van der Waals surface area contributed by atoms with Gasteiger partial charge in [0.15, 0.2) is 0 Å². The molecular formula is C21H20O9PS3+. The molecule has 0 aliphatic rings. The van der Waals surface area contributed by atoms with Crippen LogP contribution in [0.5, 0.6) is 0 Å². The second-order valence-electron chi connectivity index (χ2n) is 7.20. The van der Waals surface area contributed by atoms with Crippen molar-refractivity contribution >= 4 is 53.5 Å². The van der Waals surface area contributed by atoms with Crippen molar-refractivity contribution in [1.82, 2.24) is 0 Å². The molecule has 0 saturated carbocycles. The molecule has 3 aromatic carbocycles. The van der Waals surface area contributed by atoms with Gasteiger partial charge in [-0.2, -0.15) is 25.3 Å². The van der Waals surface area contributed by atoms with Crippen molar-refractivity contribution in [3.63, 3.8) is 0 Å². The van der Waals surface area contributed by atoms with Crippen LogP contribution in [0, 0.1) is 0 Å². The van der Waals surface area contributed by atoms with Crippen LogP contribution in [-0.2, 0) is 30.4 Å². The van der Waals surface area contributed by atoms with E-state index in [1.165, 1.54) is 60.7 Å². The van der Waals surface area contributed by atoms with Crippen LogP contribution in [-0.4, -0.2) is 45.1 Å². The molecule has 0 aliphatic heterocycles. The van der Waals surface area contributed by atoms with E-state index in [1.54, 1.807) is 18.2 Å². The predicted octanol–water partition coefficient (Wildman–Crippen LogP) is 1.91. The van der Waals surface area contributed by atoms with Crippen molar-refractivity contribution < 1.29 is 38.9 Å². The zero-order valence-corrected chi connectivity index (χ0v) is 20.7. The van der Waals surface area contributed by atoms with Gasteiger partial charge in [-0.05, 0) is 36.4 Å². The minimum atomic E-state index is -4.61. The Morgan fingerprint density at radius 1 is 0.618 bits per heavy atom. The van der Waals surface area contributed by atoms with Gasteiger partial charge in [0, 0.05) is 18.2 Å². The molecule has 9 nitrogen and oxygen atoms in total. The Labute approximate surface area is 198 Å². The Kier molecular flexibility index (Phi) is 7.16. The largest absolute Gasteiger partial charge is 0.294 e. The third-order valence-electron chi connectivity index (χ3n) is 5.07. The van der Waals surface area contributed by atoms with Crippen LogP contribution in [0.3, 0.4) is 0 Å². The Morgan fingerprint density at radius 3 is 1.15 bits per heavy atom. The van der Waals surface area contributed by atoms with Crippen molar-refractivity contribution in [2.75, 3.05) is 6.16 Å². The maximum atomic E-state index is 11.8. The number of rotatable bonds is 8. The molecule has 180 valence electrons. The molecule has 0 saturated heterocycles. The fourth-order valence-corrected chi connectivity index (χ4v) is 9.46. The highest BCUT2D eigenvalue weighted by Crippen LogP contribution is 2.56. The summed E-state index contributed by atoms with van der Waals surface area (Å²) in [5, 5.41) is 1.05. The molecule has 0 unspecified atom stereocenters. The second kappa shape index (κ2) is 9.31. The Balaban J connectivity index is 2.51. The Morgan fingerprint density at radius 2 is 0.912 bits per heavy atom. The lowest BCUT2D eigenvalue weighted by Gasteiger charge is -2.27. The highest BCUT2D eigenvalue weighted by atomic mass is 32.2. The van der Waals surface area contributed by atoms with Crippen molar-refractivity contribution in [2.45, 2.75) is 14.7 Å². The first-order chi connectivity index (χ1) is 15.7. The molecule has 0 radical (unpaired) electrons. The van der Waals surface area contributed by atoms with Gasteiger partial charge in [0.2, 0.25) is 0 Å². The van der Waals surface area contributed by atoms with Gasteiger partial charge in [0.25, 0.3) is 30.4 Å². The fourth-order valence-electron chi connectivity index (χ4n) is 3.60. The van der Waals surface area contributed by atoms with Crippen LogP contribution in [0.1, 0.15) is 0 Å². The quantitative estimate of drug-likeness (QED) is 0.219. The van der Waals surface area contributed by atoms with E-state index in [0.717, 1.165) is 0 Å². The number of allylic oxidation sites excluding steroid dienone is 1. The lowest BCUT2D eigenvalue weighted by atomic mass is 10.3. The van der Waals surface area contributed by atoms with Gasteiger partial charge < -0.3 is 0 Å². The summed E-state index contributed by atoms with van der Waals surface area (Å²) < 4.78 is 99.8. The third kappa shape index (κ3) is 5.28. The van der Waals surface area contributed by atoms with Crippen molar-refractivity contribution in [3.05, 3.63) is 85.5 Å². The van der Waals surface area contributed by atoms with Crippen LogP contribution in [0.15, 0.2) is 100 Å². The number of hydrogen-bond acceptors (Lipinski definition) is 6. The van der Waals surface area contributed by atoms with E-state index in [-0.39, 0.29) is 6.16 Å². The summed E-state index contributed by atoms with van der Waals surface area (Å²) in [6.45, 7) is 3.76. The van der Waals surface area contributed by atoms with E-state index in [1.807, 2.05) is 0 Å². The maximum absolute atomic E-state index is 11.8. The predicted molar refractivity (Wildman–Crippen MR) is 130 cm³/mol. The maximum Gasteiger partial charge on any atom is 0.294 e. The van der Waals surface area contributed by atoms with Crippen LogP contribution >= 0.6 is 7.26 Å². The average molecular weight is 544 g/mol. The van der Waals surface area contributed by atoms with E-state index >= 15 is 0 Å². The molecule has 0 heterocycles. The molecule has 0 atom stereocenters. The summed E-state index contributed by atoms with van der Waals surface area (Å²) in [6, 6.07) is 16.0. The van der Waals surface area contributed by atoms with Gasteiger partial charge in [-0.3, -0.25) is 13.7 Å². The summed E-state index contributed by atoms with van der Waals surface area (Å²) in [4.78, 5) is -1.26. The Hall–Kier alpha value is -2.44. The smallest absolute Gasteiger partial charge is 0.282 e. The minimum absolute atomic E-state index is 0.117. The molecule has 0 aromatic heterocycles. The van der Waals surface area contributed by atoms with Crippen LogP contribution in [0.2, 0.25) is 0 Å². The number of benzene rings is 3. The molecule has 0 aliphatic carbocycles. The van der Waals surface area contributed by atoms with Crippen LogP contribution < -0.4 is 15.9 Å². The molecule has 0 spiro atoms. The van der Waals surface area contributed by atoms with E-state index in [9.17, 15) is 38.9 Å². The van der Waals surface area contributed by atoms with E-state index in [2.05, 4.69) is 6.58 Å². The third-order valence-corrected chi connectivity index (χ3v) is 11.9. The van der Waals surface area contributed by atoms with Crippen molar-refractivity contribution in [1.29, 1.82) is 0 Å². The topological polar surface area (TPSA) is 163 Å². The first-order valence-electron chi connectivity index (χ1n) is 9.43. The van der Waals surface area contributed by atoms with Crippen LogP contribution in [0.4, 0.5) is 0 Å². The van der Waals surface area contributed by atoms with Gasteiger partial charge >= 0.3 is 0 Å². The lowest BCUT2D eigenvalue weighted by Crippen LogP contribution is -2.34. The minimum Gasteiger partial charge on any atom is -0.282 e. The molecule has 34 heavy (non-hydrogen) atoms. The summed E-state index contributed by atoms with van der Waals surface area (Å²) in [6.07, 6.45) is 1.62. The normalized spacial score (nSPS) is 12.9. The molecule has 3 N–H and O–H groups in total. The van der Waals surface area contributed by atoms with E-state index < -0.39 is 52.3 Å². The first-order valence-corrected chi connectivity index (χ1v) is 15.7. The van der Waals surface area contributed by atoms with Crippen molar-refractivity contribution in [3.8, 4) is 0 Å². The molecule has 0 amide bonds. The molecule has 0 fully saturated rings.